The van der Waals surface area contributed by atoms with E-state index in [1.807, 2.05) is 6.07 Å². The van der Waals surface area contributed by atoms with Gasteiger partial charge >= 0.3 is 0 Å². The fraction of sp³-hybridized carbons (Fsp3) is 0.333. The number of carbonyl (C=O) groups excluding carboxylic acids is 1. The van der Waals surface area contributed by atoms with E-state index in [0.29, 0.717) is 29.4 Å². The van der Waals surface area contributed by atoms with Crippen LogP contribution in [0.25, 0.3) is 17.2 Å². The first-order chi connectivity index (χ1) is 16.0. The smallest absolute Gasteiger partial charge is 0.281 e. The number of hydrogen-bond acceptors (Lipinski definition) is 7. The number of nitrogens with one attached hydrogen (secondary N) is 2. The Labute approximate surface area is 187 Å². The summed E-state index contributed by atoms with van der Waals surface area (Å²) in [6, 6.07) is 3.61. The minimum absolute atomic E-state index is 0.165. The molecule has 0 spiro atoms. The van der Waals surface area contributed by atoms with E-state index in [0.717, 1.165) is 30.9 Å². The Morgan fingerprint density at radius 3 is 2.97 bits per heavy atom. The number of imidazole rings is 1. The van der Waals surface area contributed by atoms with Crippen LogP contribution in [0.15, 0.2) is 36.9 Å². The lowest BCUT2D eigenvalue weighted by Gasteiger charge is -2.33. The van der Waals surface area contributed by atoms with Crippen LogP contribution in [0.3, 0.4) is 0 Å². The number of alkyl halides is 2. The lowest BCUT2D eigenvalue weighted by atomic mass is 9.94. The van der Waals surface area contributed by atoms with Gasteiger partial charge in [-0.1, -0.05) is 0 Å². The summed E-state index contributed by atoms with van der Waals surface area (Å²) in [5, 5.41) is 9.66. The van der Waals surface area contributed by atoms with E-state index in [2.05, 4.69) is 35.4 Å². The molecule has 0 radical (unpaired) electrons. The molecule has 0 bridgehead atoms. The summed E-state index contributed by atoms with van der Waals surface area (Å²) < 4.78 is 27.8. The van der Waals surface area contributed by atoms with Crippen molar-refractivity contribution < 1.29 is 13.6 Å². The Hall–Kier alpha value is -3.96. The number of fused-ring (bicyclic) bond motifs is 1. The van der Waals surface area contributed by atoms with Gasteiger partial charge in [0.05, 0.1) is 12.4 Å². The quantitative estimate of drug-likeness (QED) is 0.477. The molecule has 12 heteroatoms. The highest BCUT2D eigenvalue weighted by Crippen LogP contribution is 2.29. The molecular formula is C21H21F2N9O. The van der Waals surface area contributed by atoms with Gasteiger partial charge in [0.1, 0.15) is 22.9 Å². The first-order valence-electron chi connectivity index (χ1n) is 10.5. The number of amides is 1. The summed E-state index contributed by atoms with van der Waals surface area (Å²) >= 11 is 0. The number of nitrogens with zero attached hydrogens (tertiary/aromatic N) is 7. The largest absolute Gasteiger partial charge is 0.356 e. The molecule has 10 nitrogen and oxygen atoms in total. The molecule has 0 saturated carbocycles. The van der Waals surface area contributed by atoms with Crippen molar-refractivity contribution in [3.8, 4) is 11.5 Å². The zero-order valence-electron chi connectivity index (χ0n) is 17.7. The van der Waals surface area contributed by atoms with Gasteiger partial charge in [-0.3, -0.25) is 14.3 Å². The van der Waals surface area contributed by atoms with E-state index in [4.69, 9.17) is 4.98 Å². The third-order valence-corrected chi connectivity index (χ3v) is 5.75. The first-order valence-corrected chi connectivity index (χ1v) is 10.5. The normalized spacial score (nSPS) is 16.5. The number of piperidine rings is 1. The van der Waals surface area contributed by atoms with E-state index in [1.54, 1.807) is 25.5 Å². The van der Waals surface area contributed by atoms with Gasteiger partial charge in [0.25, 0.3) is 12.3 Å². The van der Waals surface area contributed by atoms with Crippen molar-refractivity contribution in [1.82, 2.24) is 39.9 Å². The zero-order valence-corrected chi connectivity index (χ0v) is 17.7. The van der Waals surface area contributed by atoms with Crippen molar-refractivity contribution in [2.45, 2.75) is 25.2 Å². The molecule has 170 valence electrons. The summed E-state index contributed by atoms with van der Waals surface area (Å²) in [5.74, 6) is 1.05. The number of halogens is 2. The molecule has 1 atom stereocenters. The Morgan fingerprint density at radius 2 is 2.15 bits per heavy atom. The maximum absolute atomic E-state index is 13.1. The molecular weight excluding hydrogens is 432 g/mol. The maximum Gasteiger partial charge on any atom is 0.281 e. The summed E-state index contributed by atoms with van der Waals surface area (Å²) in [6.07, 6.45) is 4.98. The molecule has 0 aliphatic carbocycles. The van der Waals surface area contributed by atoms with Crippen LogP contribution >= 0.6 is 0 Å². The number of H-pyrrole nitrogens is 1. The Bertz CT molecular complexity index is 1300. The molecule has 4 aromatic rings. The van der Waals surface area contributed by atoms with Crippen LogP contribution in [0.1, 0.15) is 47.1 Å². The zero-order chi connectivity index (χ0) is 22.9. The van der Waals surface area contributed by atoms with E-state index in [-0.39, 0.29) is 17.5 Å². The van der Waals surface area contributed by atoms with Crippen LogP contribution in [0.4, 0.5) is 14.6 Å². The number of rotatable bonds is 5. The van der Waals surface area contributed by atoms with Crippen molar-refractivity contribution in [3.63, 3.8) is 0 Å². The Kier molecular flexibility index (Phi) is 5.40. The van der Waals surface area contributed by atoms with Gasteiger partial charge in [0, 0.05) is 44.1 Å². The van der Waals surface area contributed by atoms with Crippen LogP contribution in [0.2, 0.25) is 0 Å². The van der Waals surface area contributed by atoms with E-state index >= 15 is 0 Å². The predicted molar refractivity (Wildman–Crippen MR) is 115 cm³/mol. The van der Waals surface area contributed by atoms with Crippen molar-refractivity contribution in [3.05, 3.63) is 54.0 Å². The van der Waals surface area contributed by atoms with Gasteiger partial charge in [-0.25, -0.2) is 28.7 Å². The molecule has 1 unspecified atom stereocenters. The molecule has 1 aliphatic heterocycles. The highest BCUT2D eigenvalue weighted by molar-refractivity contribution is 5.92. The molecule has 4 aromatic heterocycles. The van der Waals surface area contributed by atoms with Crippen LogP contribution in [-0.2, 0) is 0 Å². The highest BCUT2D eigenvalue weighted by Gasteiger charge is 2.25. The first kappa shape index (κ1) is 20.9. The summed E-state index contributed by atoms with van der Waals surface area (Å²) in [7, 11) is 1.57. The lowest BCUT2D eigenvalue weighted by molar-refractivity contribution is 0.0958. The third-order valence-electron chi connectivity index (χ3n) is 5.75. The van der Waals surface area contributed by atoms with Crippen LogP contribution in [-0.4, -0.2) is 60.6 Å². The van der Waals surface area contributed by atoms with Crippen molar-refractivity contribution in [2.24, 2.45) is 0 Å². The number of anilines is 1. The van der Waals surface area contributed by atoms with E-state index in [1.165, 1.54) is 16.8 Å². The van der Waals surface area contributed by atoms with Gasteiger partial charge in [-0.15, -0.1) is 0 Å². The van der Waals surface area contributed by atoms with E-state index in [9.17, 15) is 13.6 Å². The number of aromatic amines is 1. The molecule has 1 amide bonds. The highest BCUT2D eigenvalue weighted by atomic mass is 19.3. The molecule has 5 heterocycles. The number of hydrogen-bond donors (Lipinski definition) is 2. The minimum atomic E-state index is -2.69. The second-order valence-corrected chi connectivity index (χ2v) is 7.80. The molecule has 1 aliphatic rings. The molecule has 0 aromatic carbocycles. The predicted octanol–water partition coefficient (Wildman–Crippen LogP) is 2.59. The van der Waals surface area contributed by atoms with Crippen molar-refractivity contribution in [1.29, 1.82) is 0 Å². The monoisotopic (exact) mass is 453 g/mol. The summed E-state index contributed by atoms with van der Waals surface area (Å²) in [6.45, 7) is 1.51. The van der Waals surface area contributed by atoms with Crippen molar-refractivity contribution >= 4 is 17.4 Å². The summed E-state index contributed by atoms with van der Waals surface area (Å²) in [5.41, 5.74) is 1.87. The Morgan fingerprint density at radius 1 is 1.27 bits per heavy atom. The molecule has 5 rings (SSSR count). The molecule has 1 saturated heterocycles. The standard InChI is InChI=1S/C21H21F2N9O/c1-24-21(33)14-7-13(29-30-14)12-3-2-6-31(10-12)17-4-5-25-20(28-17)16-8-27-18-9-26-15(19(22)23)11-32(16)18/h4-5,7-9,11-12,19H,2-3,6,10H2,1H3,(H,24,33)(H,29,30). The van der Waals surface area contributed by atoms with Crippen LogP contribution in [0, 0.1) is 0 Å². The fourth-order valence-corrected chi connectivity index (χ4v) is 4.06. The molecule has 33 heavy (non-hydrogen) atoms. The average molecular weight is 453 g/mol. The number of carbonyl (C=O) groups is 1. The minimum Gasteiger partial charge on any atom is -0.356 e. The number of aromatic nitrogens is 7. The lowest BCUT2D eigenvalue weighted by Crippen LogP contribution is -2.35. The summed E-state index contributed by atoms with van der Waals surface area (Å²) in [4.78, 5) is 31.0. The van der Waals surface area contributed by atoms with Gasteiger partial charge in [0.15, 0.2) is 11.5 Å². The van der Waals surface area contributed by atoms with Crippen LogP contribution in [0.5, 0.6) is 0 Å². The second kappa shape index (κ2) is 8.52. The van der Waals surface area contributed by atoms with Gasteiger partial charge < -0.3 is 10.2 Å². The second-order valence-electron chi connectivity index (χ2n) is 7.80. The van der Waals surface area contributed by atoms with E-state index < -0.39 is 6.43 Å². The Balaban J connectivity index is 1.41. The van der Waals surface area contributed by atoms with Crippen molar-refractivity contribution in [2.75, 3.05) is 25.0 Å². The average Bonchev–Trinajstić information content (AvgIpc) is 3.51. The van der Waals surface area contributed by atoms with Gasteiger partial charge in [-0.2, -0.15) is 5.10 Å². The van der Waals surface area contributed by atoms with Gasteiger partial charge in [-0.05, 0) is 25.0 Å². The SMILES string of the molecule is CNC(=O)c1cc(C2CCCN(c3ccnc(-c4cnc5cnc(C(F)F)cn45)n3)C2)[nH]n1. The van der Waals surface area contributed by atoms with Crippen LogP contribution < -0.4 is 10.2 Å². The third kappa shape index (κ3) is 3.99. The van der Waals surface area contributed by atoms with Gasteiger partial charge in [0.2, 0.25) is 0 Å². The fourth-order valence-electron chi connectivity index (χ4n) is 4.06. The topological polar surface area (TPSA) is 117 Å². The molecule has 2 N–H and O–H groups in total. The maximum atomic E-state index is 13.1. The molecule has 1 fully saturated rings.